The van der Waals surface area contributed by atoms with Gasteiger partial charge in [0.15, 0.2) is 6.29 Å². The highest BCUT2D eigenvalue weighted by Gasteiger charge is 2.67. The van der Waals surface area contributed by atoms with Crippen LogP contribution in [-0.2, 0) is 9.47 Å². The van der Waals surface area contributed by atoms with Crippen molar-refractivity contribution in [1.29, 1.82) is 0 Å². The molecule has 6 N–H and O–H groups in total. The van der Waals surface area contributed by atoms with Crippen LogP contribution in [0.1, 0.15) is 71.6 Å². The van der Waals surface area contributed by atoms with E-state index in [0.29, 0.717) is 24.9 Å². The third kappa shape index (κ3) is 3.63. The maximum Gasteiger partial charge on any atom is 0.186 e. The molecule has 0 aromatic carbocycles. The lowest BCUT2D eigenvalue weighted by Crippen LogP contribution is -2.60. The van der Waals surface area contributed by atoms with Crippen molar-refractivity contribution in [3.8, 4) is 0 Å². The summed E-state index contributed by atoms with van der Waals surface area (Å²) >= 11 is 0. The van der Waals surface area contributed by atoms with Crippen LogP contribution in [0.25, 0.3) is 0 Å². The molecule has 1 heterocycles. The fourth-order valence-electron chi connectivity index (χ4n) is 9.59. The summed E-state index contributed by atoms with van der Waals surface area (Å²) in [4.78, 5) is 0. The molecule has 5 aliphatic rings. The molecular weight excluding hydrogens is 440 g/mol. The van der Waals surface area contributed by atoms with Crippen LogP contribution < -0.4 is 0 Å². The lowest BCUT2D eigenvalue weighted by Gasteiger charge is -2.64. The second kappa shape index (κ2) is 8.62. The Morgan fingerprint density at radius 3 is 2.38 bits per heavy atom. The van der Waals surface area contributed by atoms with E-state index in [4.69, 9.17) is 9.47 Å². The lowest BCUT2D eigenvalue weighted by molar-refractivity contribution is -0.310. The van der Waals surface area contributed by atoms with Crippen LogP contribution in [0.15, 0.2) is 0 Å². The minimum Gasteiger partial charge on any atom is -0.394 e. The van der Waals surface area contributed by atoms with E-state index in [1.807, 2.05) is 0 Å². The van der Waals surface area contributed by atoms with E-state index < -0.39 is 42.9 Å². The summed E-state index contributed by atoms with van der Waals surface area (Å²) in [5.74, 6) is 1.15. The van der Waals surface area contributed by atoms with Gasteiger partial charge in [-0.1, -0.05) is 20.3 Å². The molecule has 0 radical (unpaired) electrons. The fraction of sp³-hybridized carbons (Fsp3) is 1.00. The topological polar surface area (TPSA) is 140 Å². The molecule has 1 aliphatic heterocycles. The van der Waals surface area contributed by atoms with Gasteiger partial charge in [0.2, 0.25) is 0 Å². The smallest absolute Gasteiger partial charge is 0.186 e. The molecule has 1 saturated heterocycles. The summed E-state index contributed by atoms with van der Waals surface area (Å²) in [5, 5.41) is 61.3. The van der Waals surface area contributed by atoms with E-state index in [9.17, 15) is 30.6 Å². The second-order valence-electron chi connectivity index (χ2n) is 12.9. The zero-order valence-corrected chi connectivity index (χ0v) is 20.6. The molecule has 5 fully saturated rings. The predicted octanol–water partition coefficient (Wildman–Crippen LogP) is 0.939. The van der Waals surface area contributed by atoms with Gasteiger partial charge >= 0.3 is 0 Å². The van der Waals surface area contributed by atoms with E-state index in [0.717, 1.165) is 51.4 Å². The average Bonchev–Trinajstić information content (AvgIpc) is 3.02. The van der Waals surface area contributed by atoms with Gasteiger partial charge in [0.25, 0.3) is 0 Å². The van der Waals surface area contributed by atoms with Crippen molar-refractivity contribution < 1.29 is 40.1 Å². The number of fused-ring (bicyclic) bond motifs is 3. The molecule has 196 valence electrons. The van der Waals surface area contributed by atoms with Crippen LogP contribution in [0.4, 0.5) is 0 Å². The third-order valence-corrected chi connectivity index (χ3v) is 11.1. The van der Waals surface area contributed by atoms with Crippen LogP contribution in [0.3, 0.4) is 0 Å². The van der Waals surface area contributed by atoms with Gasteiger partial charge in [0.05, 0.1) is 25.4 Å². The Bertz CT molecular complexity index is 763. The van der Waals surface area contributed by atoms with Gasteiger partial charge in [0.1, 0.15) is 24.4 Å². The number of hydrogen-bond donors (Lipinski definition) is 6. The molecule has 5 rings (SSSR count). The highest BCUT2D eigenvalue weighted by Crippen LogP contribution is 2.72. The Balaban J connectivity index is 1.34. The van der Waals surface area contributed by atoms with Crippen LogP contribution in [0.5, 0.6) is 0 Å². The second-order valence-corrected chi connectivity index (χ2v) is 12.9. The SMILES string of the molecule is C[C@]1(CO[C@@H]2O[C@H](CO)[C@@H](O)[C@H](O)[C@H]2O)CCC[C@]2(C)[C@@H]1CC[C@]13C[C@H](CC[C@H]12)[C@@](O)(CO)C3. The number of rotatable bonds is 5. The van der Waals surface area contributed by atoms with Crippen molar-refractivity contribution in [3.05, 3.63) is 0 Å². The van der Waals surface area contributed by atoms with E-state index >= 15 is 0 Å². The summed E-state index contributed by atoms with van der Waals surface area (Å²) < 4.78 is 11.7. The predicted molar refractivity (Wildman–Crippen MR) is 122 cm³/mol. The van der Waals surface area contributed by atoms with Crippen molar-refractivity contribution in [2.24, 2.45) is 34.0 Å². The summed E-state index contributed by atoms with van der Waals surface area (Å²) in [7, 11) is 0. The average molecular weight is 485 g/mol. The van der Waals surface area contributed by atoms with E-state index in [1.165, 1.54) is 0 Å². The van der Waals surface area contributed by atoms with Crippen molar-refractivity contribution in [2.75, 3.05) is 19.8 Å². The molecule has 4 saturated carbocycles. The maximum atomic E-state index is 11.2. The highest BCUT2D eigenvalue weighted by molar-refractivity contribution is 5.17. The molecule has 0 amide bonds. The Morgan fingerprint density at radius 2 is 1.68 bits per heavy atom. The Hall–Kier alpha value is -0.320. The van der Waals surface area contributed by atoms with Crippen molar-refractivity contribution in [1.82, 2.24) is 0 Å². The first-order chi connectivity index (χ1) is 16.0. The largest absolute Gasteiger partial charge is 0.394 e. The molecule has 0 aromatic heterocycles. The van der Waals surface area contributed by atoms with Gasteiger partial charge in [-0.2, -0.15) is 0 Å². The summed E-state index contributed by atoms with van der Waals surface area (Å²) in [5.41, 5.74) is -0.823. The first-order valence-corrected chi connectivity index (χ1v) is 13.3. The van der Waals surface area contributed by atoms with Gasteiger partial charge in [-0.05, 0) is 85.4 Å². The third-order valence-electron chi connectivity index (χ3n) is 11.1. The number of hydrogen-bond acceptors (Lipinski definition) is 8. The number of aliphatic hydroxyl groups excluding tert-OH is 5. The van der Waals surface area contributed by atoms with Crippen LogP contribution in [0, 0.1) is 34.0 Å². The maximum absolute atomic E-state index is 11.2. The zero-order chi connectivity index (χ0) is 24.5. The minimum absolute atomic E-state index is 0.113. The lowest BCUT2D eigenvalue weighted by atomic mass is 9.41. The molecule has 8 nitrogen and oxygen atoms in total. The van der Waals surface area contributed by atoms with E-state index in [-0.39, 0.29) is 28.8 Å². The molecule has 34 heavy (non-hydrogen) atoms. The Labute approximate surface area is 202 Å². The van der Waals surface area contributed by atoms with Crippen molar-refractivity contribution in [3.63, 3.8) is 0 Å². The van der Waals surface area contributed by atoms with Crippen molar-refractivity contribution >= 4 is 0 Å². The normalized spacial score (nSPS) is 57.2. The van der Waals surface area contributed by atoms with Crippen molar-refractivity contribution in [2.45, 2.75) is 108 Å². The monoisotopic (exact) mass is 484 g/mol. The fourth-order valence-corrected chi connectivity index (χ4v) is 9.59. The zero-order valence-electron chi connectivity index (χ0n) is 20.6. The minimum atomic E-state index is -1.43. The van der Waals surface area contributed by atoms with Crippen LogP contribution in [-0.4, -0.2) is 86.8 Å². The highest BCUT2D eigenvalue weighted by atomic mass is 16.7. The molecule has 0 aromatic rings. The van der Waals surface area contributed by atoms with Crippen LogP contribution >= 0.6 is 0 Å². The van der Waals surface area contributed by atoms with Gasteiger partial charge in [-0.15, -0.1) is 0 Å². The summed E-state index contributed by atoms with van der Waals surface area (Å²) in [6.45, 7) is 4.47. The van der Waals surface area contributed by atoms with E-state index in [1.54, 1.807) is 0 Å². The van der Waals surface area contributed by atoms with Gasteiger partial charge < -0.3 is 40.1 Å². The van der Waals surface area contributed by atoms with Crippen LogP contribution in [0.2, 0.25) is 0 Å². The van der Waals surface area contributed by atoms with E-state index in [2.05, 4.69) is 13.8 Å². The summed E-state index contributed by atoms with van der Waals surface area (Å²) in [6, 6.07) is 0. The molecule has 8 heteroatoms. The molecular formula is C26H44O8. The standard InChI is InChI=1S/C26H44O8/c1-23(14-33-22-21(31)20(30)19(29)16(11-27)34-22)7-3-8-24(2)17(23)6-9-25-10-15(4-5-18(24)25)26(32,12-25)13-28/h15-22,27-32H,3-14H2,1-2H3/t15-,16+,17+,18-,19+,20-,21+,22+,23+,24+,25+,26-/m0/s1. The number of ether oxygens (including phenoxy) is 2. The van der Waals surface area contributed by atoms with Gasteiger partial charge in [0, 0.05) is 0 Å². The first-order valence-electron chi connectivity index (χ1n) is 13.3. The molecule has 4 aliphatic carbocycles. The molecule has 12 atom stereocenters. The quantitative estimate of drug-likeness (QED) is 0.339. The molecule has 2 bridgehead atoms. The van der Waals surface area contributed by atoms with Gasteiger partial charge in [-0.25, -0.2) is 0 Å². The summed E-state index contributed by atoms with van der Waals surface area (Å²) in [6.07, 6.45) is 2.91. The number of aliphatic hydroxyl groups is 6. The molecule has 1 spiro atoms. The molecule has 0 unspecified atom stereocenters. The first kappa shape index (κ1) is 25.3. The Morgan fingerprint density at radius 1 is 0.912 bits per heavy atom. The Kier molecular flexibility index (Phi) is 6.42. The van der Waals surface area contributed by atoms with Gasteiger partial charge in [-0.3, -0.25) is 0 Å².